The van der Waals surface area contributed by atoms with Crippen LogP contribution in [0.5, 0.6) is 0 Å². The Balaban J connectivity index is 1.56. The second-order valence-electron chi connectivity index (χ2n) is 6.46. The summed E-state index contributed by atoms with van der Waals surface area (Å²) >= 11 is 0. The van der Waals surface area contributed by atoms with Crippen molar-refractivity contribution in [3.8, 4) is 0 Å². The van der Waals surface area contributed by atoms with Gasteiger partial charge in [-0.3, -0.25) is 9.89 Å². The SMILES string of the molecule is O=C(c1cn[nH]c1C1CCCCC1)N1Cc2ccccc2C1. The maximum Gasteiger partial charge on any atom is 0.257 e. The van der Waals surface area contributed by atoms with E-state index in [4.69, 9.17) is 0 Å². The summed E-state index contributed by atoms with van der Waals surface area (Å²) in [5.74, 6) is 0.589. The van der Waals surface area contributed by atoms with Crippen molar-refractivity contribution in [3.63, 3.8) is 0 Å². The zero-order chi connectivity index (χ0) is 14.9. The van der Waals surface area contributed by atoms with Crippen LogP contribution in [0.4, 0.5) is 0 Å². The quantitative estimate of drug-likeness (QED) is 0.920. The lowest BCUT2D eigenvalue weighted by molar-refractivity contribution is 0.0749. The predicted octanol–water partition coefficient (Wildman–Crippen LogP) is 3.61. The number of nitrogens with zero attached hydrogens (tertiary/aromatic N) is 2. The molecule has 4 nitrogen and oxygen atoms in total. The number of aromatic nitrogens is 2. The molecule has 0 saturated heterocycles. The number of benzene rings is 1. The molecule has 1 aliphatic carbocycles. The molecule has 4 rings (SSSR count). The Morgan fingerprint density at radius 2 is 1.77 bits per heavy atom. The first kappa shape index (κ1) is 13.6. The zero-order valence-electron chi connectivity index (χ0n) is 12.7. The first-order chi connectivity index (χ1) is 10.8. The summed E-state index contributed by atoms with van der Waals surface area (Å²) in [6.45, 7) is 1.43. The third-order valence-electron chi connectivity index (χ3n) is 5.04. The molecule has 1 saturated carbocycles. The molecule has 2 heterocycles. The molecule has 0 atom stereocenters. The van der Waals surface area contributed by atoms with E-state index in [0.717, 1.165) is 11.3 Å². The lowest BCUT2D eigenvalue weighted by atomic mass is 9.85. The van der Waals surface area contributed by atoms with Crippen molar-refractivity contribution in [1.82, 2.24) is 15.1 Å². The van der Waals surface area contributed by atoms with Gasteiger partial charge in [0.2, 0.25) is 0 Å². The van der Waals surface area contributed by atoms with Crippen LogP contribution in [0.25, 0.3) is 0 Å². The Morgan fingerprint density at radius 1 is 1.09 bits per heavy atom. The Bertz CT molecular complexity index is 660. The summed E-state index contributed by atoms with van der Waals surface area (Å²) in [4.78, 5) is 14.8. The van der Waals surface area contributed by atoms with E-state index in [1.54, 1.807) is 6.20 Å². The first-order valence-electron chi connectivity index (χ1n) is 8.22. The first-order valence-corrected chi connectivity index (χ1v) is 8.22. The fourth-order valence-corrected chi connectivity index (χ4v) is 3.82. The fraction of sp³-hybridized carbons (Fsp3) is 0.444. The van der Waals surface area contributed by atoms with E-state index in [2.05, 4.69) is 22.3 Å². The van der Waals surface area contributed by atoms with Crippen molar-refractivity contribution in [2.24, 2.45) is 0 Å². The third kappa shape index (κ3) is 2.32. The maximum atomic E-state index is 12.9. The van der Waals surface area contributed by atoms with Crippen molar-refractivity contribution >= 4 is 5.91 Å². The zero-order valence-corrected chi connectivity index (χ0v) is 12.7. The minimum Gasteiger partial charge on any atom is -0.330 e. The molecule has 114 valence electrons. The molecule has 1 amide bonds. The van der Waals surface area contributed by atoms with E-state index in [1.165, 1.54) is 43.2 Å². The number of carbonyl (C=O) groups excluding carboxylic acids is 1. The molecule has 1 fully saturated rings. The fourth-order valence-electron chi connectivity index (χ4n) is 3.82. The van der Waals surface area contributed by atoms with E-state index in [0.29, 0.717) is 19.0 Å². The van der Waals surface area contributed by atoms with Gasteiger partial charge in [-0.1, -0.05) is 43.5 Å². The summed E-state index contributed by atoms with van der Waals surface area (Å²) < 4.78 is 0. The number of nitrogens with one attached hydrogen (secondary N) is 1. The highest BCUT2D eigenvalue weighted by molar-refractivity contribution is 5.95. The summed E-state index contributed by atoms with van der Waals surface area (Å²) in [7, 11) is 0. The molecule has 4 heteroatoms. The number of aromatic amines is 1. The van der Waals surface area contributed by atoms with Gasteiger partial charge in [0.1, 0.15) is 0 Å². The highest BCUT2D eigenvalue weighted by atomic mass is 16.2. The van der Waals surface area contributed by atoms with Crippen LogP contribution < -0.4 is 0 Å². The number of hydrogen-bond donors (Lipinski definition) is 1. The van der Waals surface area contributed by atoms with Crippen molar-refractivity contribution in [2.45, 2.75) is 51.1 Å². The lowest BCUT2D eigenvalue weighted by Gasteiger charge is -2.22. The molecule has 0 spiro atoms. The van der Waals surface area contributed by atoms with E-state index in [-0.39, 0.29) is 5.91 Å². The van der Waals surface area contributed by atoms with Crippen LogP contribution in [0.15, 0.2) is 30.5 Å². The van der Waals surface area contributed by atoms with Crippen LogP contribution in [0.2, 0.25) is 0 Å². The molecule has 2 aromatic rings. The third-order valence-corrected chi connectivity index (χ3v) is 5.04. The van der Waals surface area contributed by atoms with Gasteiger partial charge in [-0.05, 0) is 24.0 Å². The van der Waals surface area contributed by atoms with Crippen LogP contribution in [0, 0.1) is 0 Å². The van der Waals surface area contributed by atoms with Crippen molar-refractivity contribution < 1.29 is 4.79 Å². The average molecular weight is 295 g/mol. The van der Waals surface area contributed by atoms with Gasteiger partial charge in [0.05, 0.1) is 17.5 Å². The molecule has 0 radical (unpaired) electrons. The number of rotatable bonds is 2. The van der Waals surface area contributed by atoms with Crippen molar-refractivity contribution in [3.05, 3.63) is 52.8 Å². The summed E-state index contributed by atoms with van der Waals surface area (Å²) in [6.07, 6.45) is 7.88. The van der Waals surface area contributed by atoms with Crippen LogP contribution >= 0.6 is 0 Å². The molecule has 2 aliphatic rings. The Kier molecular flexibility index (Phi) is 3.45. The van der Waals surface area contributed by atoms with E-state index in [1.807, 2.05) is 17.0 Å². The average Bonchev–Trinajstić information content (AvgIpc) is 3.21. The Labute approximate surface area is 130 Å². The van der Waals surface area contributed by atoms with Gasteiger partial charge in [-0.2, -0.15) is 5.10 Å². The van der Waals surface area contributed by atoms with Crippen molar-refractivity contribution in [2.75, 3.05) is 0 Å². The Hall–Kier alpha value is -2.10. The standard InChI is InChI=1S/C18H21N3O/c22-18(21-11-14-8-4-5-9-15(14)12-21)16-10-19-20-17(16)13-6-2-1-3-7-13/h4-5,8-10,13H,1-3,6-7,11-12H2,(H,19,20). The van der Waals surface area contributed by atoms with Crippen LogP contribution in [0.1, 0.15) is 65.2 Å². The molecule has 22 heavy (non-hydrogen) atoms. The summed E-state index contributed by atoms with van der Waals surface area (Å²) in [6, 6.07) is 8.30. The number of fused-ring (bicyclic) bond motifs is 1. The normalized spacial score (nSPS) is 18.5. The largest absolute Gasteiger partial charge is 0.330 e. The number of carbonyl (C=O) groups is 1. The molecular weight excluding hydrogens is 274 g/mol. The highest BCUT2D eigenvalue weighted by Gasteiger charge is 2.29. The maximum absolute atomic E-state index is 12.9. The van der Waals surface area contributed by atoms with E-state index in [9.17, 15) is 4.79 Å². The van der Waals surface area contributed by atoms with Gasteiger partial charge < -0.3 is 4.90 Å². The molecule has 0 unspecified atom stereocenters. The van der Waals surface area contributed by atoms with Crippen molar-refractivity contribution in [1.29, 1.82) is 0 Å². The topological polar surface area (TPSA) is 49.0 Å². The number of amides is 1. The molecule has 1 N–H and O–H groups in total. The van der Waals surface area contributed by atoms with Crippen LogP contribution in [-0.4, -0.2) is 21.0 Å². The molecule has 1 aromatic heterocycles. The second kappa shape index (κ2) is 5.59. The minimum absolute atomic E-state index is 0.116. The van der Waals surface area contributed by atoms with Gasteiger partial charge in [0.15, 0.2) is 0 Å². The van der Waals surface area contributed by atoms with Gasteiger partial charge in [-0.25, -0.2) is 0 Å². The van der Waals surface area contributed by atoms with Gasteiger partial charge in [0.25, 0.3) is 5.91 Å². The summed E-state index contributed by atoms with van der Waals surface area (Å²) in [5, 5.41) is 7.27. The molecule has 1 aliphatic heterocycles. The molecular formula is C18H21N3O. The van der Waals surface area contributed by atoms with Gasteiger partial charge in [-0.15, -0.1) is 0 Å². The summed E-state index contributed by atoms with van der Waals surface area (Å²) in [5.41, 5.74) is 4.36. The van der Waals surface area contributed by atoms with Crippen LogP contribution in [0.3, 0.4) is 0 Å². The predicted molar refractivity (Wildman–Crippen MR) is 84.4 cm³/mol. The number of hydrogen-bond acceptors (Lipinski definition) is 2. The van der Waals surface area contributed by atoms with Gasteiger partial charge in [0, 0.05) is 19.0 Å². The monoisotopic (exact) mass is 295 g/mol. The number of H-pyrrole nitrogens is 1. The van der Waals surface area contributed by atoms with E-state index >= 15 is 0 Å². The second-order valence-corrected chi connectivity index (χ2v) is 6.46. The van der Waals surface area contributed by atoms with Gasteiger partial charge >= 0.3 is 0 Å². The molecule has 1 aromatic carbocycles. The minimum atomic E-state index is 0.116. The lowest BCUT2D eigenvalue weighted by Crippen LogP contribution is -2.26. The Morgan fingerprint density at radius 3 is 2.45 bits per heavy atom. The highest BCUT2D eigenvalue weighted by Crippen LogP contribution is 2.34. The van der Waals surface area contributed by atoms with Crippen LogP contribution in [-0.2, 0) is 13.1 Å². The van der Waals surface area contributed by atoms with E-state index < -0.39 is 0 Å². The molecule has 0 bridgehead atoms. The smallest absolute Gasteiger partial charge is 0.257 e.